The second-order valence-electron chi connectivity index (χ2n) is 5.65. The lowest BCUT2D eigenvalue weighted by atomic mass is 10.2. The molecule has 1 amide bonds. The molecule has 0 bridgehead atoms. The number of hydrogen-bond acceptors (Lipinski definition) is 3. The largest absolute Gasteiger partial charge is 0.335 e. The van der Waals surface area contributed by atoms with Crippen LogP contribution in [0.3, 0.4) is 0 Å². The molecule has 1 aliphatic rings. The molecule has 0 radical (unpaired) electrons. The van der Waals surface area contributed by atoms with E-state index in [2.05, 4.69) is 10.3 Å². The highest BCUT2D eigenvalue weighted by atomic mass is 16.2. The third-order valence-electron chi connectivity index (χ3n) is 4.19. The molecule has 1 N–H and O–H groups in total. The van der Waals surface area contributed by atoms with Crippen LogP contribution in [0.15, 0.2) is 54.7 Å². The summed E-state index contributed by atoms with van der Waals surface area (Å²) in [5.41, 5.74) is 2.40. The third-order valence-corrected chi connectivity index (χ3v) is 4.19. The number of benzene rings is 1. The van der Waals surface area contributed by atoms with Crippen LogP contribution >= 0.6 is 0 Å². The number of nitrogens with one attached hydrogen (secondary N) is 1. The van der Waals surface area contributed by atoms with Crippen molar-refractivity contribution < 1.29 is 4.79 Å². The smallest absolute Gasteiger partial charge is 0.274 e. The van der Waals surface area contributed by atoms with E-state index in [1.807, 2.05) is 64.0 Å². The first-order valence-electron chi connectivity index (χ1n) is 7.87. The Bertz CT molecular complexity index is 835. The SMILES string of the molecule is O=C(c1nc(-c2ccccc2)n2ccccc12)N1CCNCC1. The second-order valence-corrected chi connectivity index (χ2v) is 5.65. The molecule has 3 aromatic rings. The lowest BCUT2D eigenvalue weighted by molar-refractivity contribution is 0.0732. The van der Waals surface area contributed by atoms with Crippen LogP contribution in [0.5, 0.6) is 0 Å². The zero-order valence-electron chi connectivity index (χ0n) is 12.8. The van der Waals surface area contributed by atoms with Crippen LogP contribution in [0.4, 0.5) is 0 Å². The van der Waals surface area contributed by atoms with Crippen LogP contribution in [-0.2, 0) is 0 Å². The van der Waals surface area contributed by atoms with Gasteiger partial charge in [0.05, 0.1) is 5.52 Å². The van der Waals surface area contributed by atoms with Crippen molar-refractivity contribution >= 4 is 11.4 Å². The minimum absolute atomic E-state index is 0.0115. The van der Waals surface area contributed by atoms with Crippen LogP contribution in [0.1, 0.15) is 10.5 Å². The highest BCUT2D eigenvalue weighted by molar-refractivity contribution is 6.00. The first-order valence-corrected chi connectivity index (χ1v) is 7.87. The van der Waals surface area contributed by atoms with Crippen molar-refractivity contribution in [1.82, 2.24) is 19.6 Å². The van der Waals surface area contributed by atoms with Gasteiger partial charge < -0.3 is 10.2 Å². The van der Waals surface area contributed by atoms with Gasteiger partial charge in [0.2, 0.25) is 0 Å². The minimum Gasteiger partial charge on any atom is -0.335 e. The molecule has 0 saturated carbocycles. The number of aromatic nitrogens is 2. The summed E-state index contributed by atoms with van der Waals surface area (Å²) in [6.45, 7) is 3.13. The van der Waals surface area contributed by atoms with E-state index in [1.165, 1.54) is 0 Å². The van der Waals surface area contributed by atoms with E-state index < -0.39 is 0 Å². The lowest BCUT2D eigenvalue weighted by Crippen LogP contribution is -2.46. The van der Waals surface area contributed by atoms with E-state index in [0.717, 1.165) is 43.1 Å². The zero-order valence-corrected chi connectivity index (χ0v) is 12.8. The second kappa shape index (κ2) is 5.85. The number of imidazole rings is 1. The fourth-order valence-electron chi connectivity index (χ4n) is 3.00. The topological polar surface area (TPSA) is 49.6 Å². The molecule has 23 heavy (non-hydrogen) atoms. The summed E-state index contributed by atoms with van der Waals surface area (Å²) in [7, 11) is 0. The van der Waals surface area contributed by atoms with Gasteiger partial charge in [0.25, 0.3) is 5.91 Å². The molecule has 2 aromatic heterocycles. The fraction of sp³-hybridized carbons (Fsp3) is 0.222. The molecule has 1 aliphatic heterocycles. The van der Waals surface area contributed by atoms with Crippen molar-refractivity contribution in [3.05, 3.63) is 60.4 Å². The molecule has 1 aromatic carbocycles. The van der Waals surface area contributed by atoms with Crippen molar-refractivity contribution in [2.24, 2.45) is 0 Å². The Morgan fingerprint density at radius 2 is 1.74 bits per heavy atom. The Morgan fingerprint density at radius 3 is 2.52 bits per heavy atom. The molecule has 0 atom stereocenters. The Labute approximate surface area is 134 Å². The van der Waals surface area contributed by atoms with E-state index in [-0.39, 0.29) is 5.91 Å². The average Bonchev–Trinajstić information content (AvgIpc) is 3.02. The van der Waals surface area contributed by atoms with E-state index >= 15 is 0 Å². The van der Waals surface area contributed by atoms with Crippen LogP contribution in [-0.4, -0.2) is 46.4 Å². The van der Waals surface area contributed by atoms with Gasteiger partial charge >= 0.3 is 0 Å². The van der Waals surface area contributed by atoms with Crippen molar-refractivity contribution in [2.75, 3.05) is 26.2 Å². The normalized spacial score (nSPS) is 15.0. The Balaban J connectivity index is 1.83. The number of nitrogens with zero attached hydrogens (tertiary/aromatic N) is 3. The van der Waals surface area contributed by atoms with E-state index in [9.17, 15) is 4.79 Å². The van der Waals surface area contributed by atoms with Gasteiger partial charge in [-0.25, -0.2) is 4.98 Å². The zero-order chi connectivity index (χ0) is 15.6. The van der Waals surface area contributed by atoms with Gasteiger partial charge in [-0.05, 0) is 12.1 Å². The predicted molar refractivity (Wildman–Crippen MR) is 89.4 cm³/mol. The van der Waals surface area contributed by atoms with Crippen LogP contribution in [0, 0.1) is 0 Å². The van der Waals surface area contributed by atoms with Gasteiger partial charge in [-0.3, -0.25) is 9.20 Å². The summed E-state index contributed by atoms with van der Waals surface area (Å²) in [6.07, 6.45) is 1.96. The molecule has 1 fully saturated rings. The summed E-state index contributed by atoms with van der Waals surface area (Å²) in [4.78, 5) is 19.4. The summed E-state index contributed by atoms with van der Waals surface area (Å²) < 4.78 is 1.99. The number of amides is 1. The molecule has 0 aliphatic carbocycles. The quantitative estimate of drug-likeness (QED) is 0.788. The summed E-state index contributed by atoms with van der Waals surface area (Å²) in [5, 5.41) is 3.27. The van der Waals surface area contributed by atoms with Gasteiger partial charge in [0, 0.05) is 37.9 Å². The average molecular weight is 306 g/mol. The molecule has 0 spiro atoms. The summed E-state index contributed by atoms with van der Waals surface area (Å²) >= 11 is 0. The molecule has 5 nitrogen and oxygen atoms in total. The summed E-state index contributed by atoms with van der Waals surface area (Å²) in [6, 6.07) is 15.8. The molecule has 4 rings (SSSR count). The summed E-state index contributed by atoms with van der Waals surface area (Å²) in [5.74, 6) is 0.817. The van der Waals surface area contributed by atoms with Crippen LogP contribution in [0.25, 0.3) is 16.9 Å². The van der Waals surface area contributed by atoms with E-state index in [4.69, 9.17) is 0 Å². The maximum absolute atomic E-state index is 12.9. The maximum atomic E-state index is 12.9. The van der Waals surface area contributed by atoms with Crippen molar-refractivity contribution in [2.45, 2.75) is 0 Å². The van der Waals surface area contributed by atoms with Gasteiger partial charge in [-0.2, -0.15) is 0 Å². The number of pyridine rings is 1. The Kier molecular flexibility index (Phi) is 3.55. The monoisotopic (exact) mass is 306 g/mol. The number of rotatable bonds is 2. The molecular formula is C18H18N4O. The Hall–Kier alpha value is -2.66. The van der Waals surface area contributed by atoms with Gasteiger partial charge in [-0.1, -0.05) is 36.4 Å². The fourth-order valence-corrected chi connectivity index (χ4v) is 3.00. The number of carbonyl (C=O) groups is 1. The molecular weight excluding hydrogens is 288 g/mol. The molecule has 5 heteroatoms. The van der Waals surface area contributed by atoms with Crippen molar-refractivity contribution in [3.63, 3.8) is 0 Å². The molecule has 1 saturated heterocycles. The van der Waals surface area contributed by atoms with Crippen LogP contribution in [0.2, 0.25) is 0 Å². The first-order chi connectivity index (χ1) is 11.3. The Morgan fingerprint density at radius 1 is 1.00 bits per heavy atom. The third kappa shape index (κ3) is 2.49. The van der Waals surface area contributed by atoms with Gasteiger partial charge in [0.15, 0.2) is 5.69 Å². The van der Waals surface area contributed by atoms with E-state index in [0.29, 0.717) is 5.69 Å². The highest BCUT2D eigenvalue weighted by Crippen LogP contribution is 2.23. The number of piperazine rings is 1. The van der Waals surface area contributed by atoms with Gasteiger partial charge in [-0.15, -0.1) is 0 Å². The number of fused-ring (bicyclic) bond motifs is 1. The van der Waals surface area contributed by atoms with Crippen molar-refractivity contribution in [3.8, 4) is 11.4 Å². The maximum Gasteiger partial charge on any atom is 0.274 e. The molecule has 116 valence electrons. The van der Waals surface area contributed by atoms with Crippen molar-refractivity contribution in [1.29, 1.82) is 0 Å². The predicted octanol–water partition coefficient (Wildman–Crippen LogP) is 2.05. The number of hydrogen-bond donors (Lipinski definition) is 1. The van der Waals surface area contributed by atoms with Crippen LogP contribution < -0.4 is 5.32 Å². The van der Waals surface area contributed by atoms with Gasteiger partial charge in [0.1, 0.15) is 5.82 Å². The minimum atomic E-state index is 0.0115. The lowest BCUT2D eigenvalue weighted by Gasteiger charge is -2.26. The molecule has 3 heterocycles. The van der Waals surface area contributed by atoms with E-state index in [1.54, 1.807) is 0 Å². The first kappa shape index (κ1) is 14.0. The molecule has 0 unspecified atom stereocenters. The standard InChI is InChI=1S/C18H18N4O/c23-18(21-12-9-19-10-13-21)16-15-8-4-5-11-22(15)17(20-16)14-6-2-1-3-7-14/h1-8,11,19H,9-10,12-13H2. The number of carbonyl (C=O) groups excluding carboxylic acids is 1. The highest BCUT2D eigenvalue weighted by Gasteiger charge is 2.24.